The van der Waals surface area contributed by atoms with Gasteiger partial charge in [0.05, 0.1) is 21.0 Å². The highest BCUT2D eigenvalue weighted by molar-refractivity contribution is 7.97. The van der Waals surface area contributed by atoms with Crippen molar-refractivity contribution in [1.29, 1.82) is 0 Å². The van der Waals surface area contributed by atoms with Crippen LogP contribution in [0.4, 0.5) is 22.0 Å². The summed E-state index contributed by atoms with van der Waals surface area (Å²) in [6.45, 7) is 4.41. The smallest absolute Gasteiger partial charge is 0.404 e. The maximum absolute atomic E-state index is 14.4. The number of benzene rings is 1. The van der Waals surface area contributed by atoms with Crippen LogP contribution in [0.3, 0.4) is 0 Å². The summed E-state index contributed by atoms with van der Waals surface area (Å²) < 4.78 is 76.4. The molecule has 1 aliphatic rings. The molecule has 2 heterocycles. The van der Waals surface area contributed by atoms with Crippen molar-refractivity contribution in [1.82, 2.24) is 19.9 Å². The maximum atomic E-state index is 14.4. The summed E-state index contributed by atoms with van der Waals surface area (Å²) in [6.07, 6.45) is -4.24. The molecule has 4 rings (SSSR count). The number of carboxylic acids is 1. The van der Waals surface area contributed by atoms with E-state index in [0.29, 0.717) is 34.9 Å². The first-order chi connectivity index (χ1) is 19.2. The molecule has 15 heteroatoms. The van der Waals surface area contributed by atoms with Crippen LogP contribution in [-0.2, 0) is 17.6 Å². The molecular weight excluding hydrogens is 611 g/mol. The molecule has 0 aliphatic heterocycles. The molecule has 0 spiro atoms. The zero-order chi connectivity index (χ0) is 30.1. The molecule has 224 valence electrons. The van der Waals surface area contributed by atoms with Crippen molar-refractivity contribution in [3.05, 3.63) is 34.3 Å². The number of rotatable bonds is 12. The Morgan fingerprint density at radius 2 is 1.98 bits per heavy atom. The number of hydrogen-bond acceptors (Lipinski definition) is 8. The van der Waals surface area contributed by atoms with Gasteiger partial charge in [0.25, 0.3) is 12.3 Å². The molecule has 0 amide bonds. The minimum absolute atomic E-state index is 0.0198. The van der Waals surface area contributed by atoms with Gasteiger partial charge in [-0.2, -0.15) is 13.2 Å². The fraction of sp³-hybridized carbons (Fsp3) is 0.538. The Labute approximate surface area is 246 Å². The van der Waals surface area contributed by atoms with Gasteiger partial charge in [-0.15, -0.1) is 21.5 Å². The zero-order valence-electron chi connectivity index (χ0n) is 22.3. The number of alkyl halides is 5. The number of thiazole rings is 1. The lowest BCUT2D eigenvalue weighted by molar-refractivity contribution is -0.151. The molecule has 1 saturated carbocycles. The second-order valence-electron chi connectivity index (χ2n) is 10.5. The van der Waals surface area contributed by atoms with E-state index in [1.54, 1.807) is 0 Å². The fourth-order valence-corrected chi connectivity index (χ4v) is 6.53. The Morgan fingerprint density at radius 3 is 2.54 bits per heavy atom. The number of halogens is 6. The molecule has 3 aromatic rings. The summed E-state index contributed by atoms with van der Waals surface area (Å²) in [5, 5.41) is 17.3. The number of nitrogens with one attached hydrogen (secondary N) is 1. The van der Waals surface area contributed by atoms with Crippen molar-refractivity contribution in [2.24, 2.45) is 11.3 Å². The summed E-state index contributed by atoms with van der Waals surface area (Å²) in [7, 11) is 0. The van der Waals surface area contributed by atoms with E-state index in [1.165, 1.54) is 32.9 Å². The molecule has 1 aliphatic carbocycles. The highest BCUT2D eigenvalue weighted by Gasteiger charge is 2.38. The summed E-state index contributed by atoms with van der Waals surface area (Å²) in [6, 6.07) is 0.995. The average Bonchev–Trinajstić information content (AvgIpc) is 3.48. The first kappa shape index (κ1) is 31.6. The summed E-state index contributed by atoms with van der Waals surface area (Å²) in [5.41, 5.74) is -0.970. The van der Waals surface area contributed by atoms with Crippen molar-refractivity contribution < 1.29 is 36.3 Å². The zero-order valence-corrected chi connectivity index (χ0v) is 24.7. The molecule has 1 aromatic carbocycles. The van der Waals surface area contributed by atoms with E-state index in [-0.39, 0.29) is 45.1 Å². The Hall–Kier alpha value is -2.29. The number of hydrogen-bond donors (Lipinski definition) is 2. The third kappa shape index (κ3) is 7.20. The monoisotopic (exact) mass is 638 g/mol. The summed E-state index contributed by atoms with van der Waals surface area (Å²) in [5.74, 6) is -0.574. The van der Waals surface area contributed by atoms with Crippen LogP contribution in [0.5, 0.6) is 0 Å². The van der Waals surface area contributed by atoms with Gasteiger partial charge in [-0.3, -0.25) is 4.79 Å². The van der Waals surface area contributed by atoms with Crippen molar-refractivity contribution in [3.8, 4) is 21.3 Å². The van der Waals surface area contributed by atoms with E-state index < -0.39 is 35.6 Å². The van der Waals surface area contributed by atoms with Crippen molar-refractivity contribution in [3.63, 3.8) is 0 Å². The van der Waals surface area contributed by atoms with Crippen LogP contribution in [0.25, 0.3) is 21.3 Å². The number of carboxylic acid groups (broad SMARTS) is 1. The van der Waals surface area contributed by atoms with Gasteiger partial charge in [0.2, 0.25) is 5.89 Å². The molecular formula is C26H28ClF5N4O3S2. The van der Waals surface area contributed by atoms with Crippen molar-refractivity contribution in [2.45, 2.75) is 82.8 Å². The molecule has 2 N–H and O–H groups in total. The third-order valence-electron chi connectivity index (χ3n) is 6.95. The summed E-state index contributed by atoms with van der Waals surface area (Å²) in [4.78, 5) is 16.6. The van der Waals surface area contributed by atoms with Crippen molar-refractivity contribution in [2.75, 3.05) is 0 Å². The largest absolute Gasteiger partial charge is 0.481 e. The third-order valence-corrected chi connectivity index (χ3v) is 9.55. The molecule has 0 radical (unpaired) electrons. The number of aliphatic carboxylic acids is 1. The molecule has 0 bridgehead atoms. The molecule has 1 fully saturated rings. The molecule has 1 atom stereocenters. The summed E-state index contributed by atoms with van der Waals surface area (Å²) >= 11 is 8.01. The Bertz CT molecular complexity index is 1390. The number of nitrogens with zero attached hydrogens (tertiary/aromatic N) is 3. The lowest BCUT2D eigenvalue weighted by Crippen LogP contribution is -2.38. The van der Waals surface area contributed by atoms with Gasteiger partial charge in [-0.1, -0.05) is 43.9 Å². The second kappa shape index (κ2) is 12.5. The maximum Gasteiger partial charge on any atom is 0.404 e. The average molecular weight is 639 g/mol. The fourth-order valence-electron chi connectivity index (χ4n) is 4.21. The van der Waals surface area contributed by atoms with E-state index >= 15 is 0 Å². The van der Waals surface area contributed by atoms with Gasteiger partial charge in [-0.25, -0.2) is 18.5 Å². The van der Waals surface area contributed by atoms with Crippen LogP contribution in [0.1, 0.15) is 70.0 Å². The lowest BCUT2D eigenvalue weighted by Gasteiger charge is -2.25. The lowest BCUT2D eigenvalue weighted by atomic mass is 9.81. The van der Waals surface area contributed by atoms with Crippen molar-refractivity contribution >= 4 is 40.9 Å². The highest BCUT2D eigenvalue weighted by Crippen LogP contribution is 2.46. The first-order valence-electron chi connectivity index (χ1n) is 12.9. The SMILES string of the molecule is CC[C@H](NSc1ccc(-c2sc(-c3nnc(CC(C)(C)C(=O)O)o3)nc2CC2CCC2)c(C(F)F)c1Cl)C(F)(F)F. The molecule has 0 saturated heterocycles. The molecule has 41 heavy (non-hydrogen) atoms. The topological polar surface area (TPSA) is 101 Å². The Morgan fingerprint density at radius 1 is 1.27 bits per heavy atom. The van der Waals surface area contributed by atoms with Gasteiger partial charge >= 0.3 is 12.1 Å². The standard InChI is InChI=1S/C26H28ClF5N4O3S2/c1-4-16(26(30,31)32)36-41-15-9-8-13(18(19(15)27)21(28)29)20-14(10-12-6-5-7-12)33-23(40-20)22-35-34-17(39-22)11-25(2,3)24(37)38/h8-9,12,16,21,36H,4-7,10-11H2,1-3H3,(H,37,38)/t16-/m0/s1. The van der Waals surface area contributed by atoms with E-state index in [9.17, 15) is 31.9 Å². The van der Waals surface area contributed by atoms with Gasteiger partial charge in [-0.05, 0) is 50.6 Å². The van der Waals surface area contributed by atoms with E-state index in [4.69, 9.17) is 16.0 Å². The van der Waals surface area contributed by atoms with E-state index in [1.807, 2.05) is 0 Å². The van der Waals surface area contributed by atoms with Gasteiger partial charge in [0, 0.05) is 22.4 Å². The van der Waals surface area contributed by atoms with Gasteiger partial charge in [0.15, 0.2) is 5.01 Å². The second-order valence-corrected chi connectivity index (χ2v) is 12.8. The molecule has 0 unspecified atom stereocenters. The quantitative estimate of drug-likeness (QED) is 0.151. The number of aromatic nitrogens is 3. The molecule has 2 aromatic heterocycles. The molecule has 7 nitrogen and oxygen atoms in total. The highest BCUT2D eigenvalue weighted by atomic mass is 35.5. The first-order valence-corrected chi connectivity index (χ1v) is 14.9. The van der Waals surface area contributed by atoms with Gasteiger partial charge in [0.1, 0.15) is 6.04 Å². The predicted octanol–water partition coefficient (Wildman–Crippen LogP) is 8.38. The van der Waals surface area contributed by atoms with Crippen LogP contribution in [0.2, 0.25) is 5.02 Å². The Kier molecular flexibility index (Phi) is 9.66. The minimum atomic E-state index is -4.51. The van der Waals surface area contributed by atoms with Crippen LogP contribution >= 0.6 is 34.9 Å². The van der Waals surface area contributed by atoms with Crippen LogP contribution in [0, 0.1) is 11.3 Å². The van der Waals surface area contributed by atoms with E-state index in [2.05, 4.69) is 19.9 Å². The van der Waals surface area contributed by atoms with Gasteiger partial charge < -0.3 is 9.52 Å². The van der Waals surface area contributed by atoms with E-state index in [0.717, 1.165) is 30.6 Å². The van der Waals surface area contributed by atoms with Crippen LogP contribution in [-0.4, -0.2) is 38.5 Å². The van der Waals surface area contributed by atoms with Crippen LogP contribution < -0.4 is 4.72 Å². The minimum Gasteiger partial charge on any atom is -0.481 e. The predicted molar refractivity (Wildman–Crippen MR) is 146 cm³/mol. The normalized spacial score (nSPS) is 15.4. The number of carbonyl (C=O) groups is 1. The van der Waals surface area contributed by atoms with Crippen LogP contribution in [0.15, 0.2) is 21.4 Å². The Balaban J connectivity index is 1.71.